The van der Waals surface area contributed by atoms with Crippen LogP contribution in [0.25, 0.3) is 6.08 Å². The lowest BCUT2D eigenvalue weighted by molar-refractivity contribution is 0.595. The van der Waals surface area contributed by atoms with Gasteiger partial charge in [-0.15, -0.1) is 0 Å². The van der Waals surface area contributed by atoms with E-state index in [1.807, 2.05) is 18.2 Å². The summed E-state index contributed by atoms with van der Waals surface area (Å²) >= 11 is 5.88. The van der Waals surface area contributed by atoms with E-state index in [4.69, 9.17) is 11.6 Å². The summed E-state index contributed by atoms with van der Waals surface area (Å²) in [4.78, 5) is 0. The smallest absolute Gasteiger partial charge is 0.0411 e. The van der Waals surface area contributed by atoms with Crippen molar-refractivity contribution in [3.8, 4) is 0 Å². The van der Waals surface area contributed by atoms with Gasteiger partial charge in [-0.2, -0.15) is 0 Å². The summed E-state index contributed by atoms with van der Waals surface area (Å²) < 4.78 is 0. The van der Waals surface area contributed by atoms with Gasteiger partial charge in [0.05, 0.1) is 0 Å². The molecule has 15 heavy (non-hydrogen) atoms. The van der Waals surface area contributed by atoms with E-state index < -0.39 is 0 Å². The summed E-state index contributed by atoms with van der Waals surface area (Å²) in [7, 11) is 0. The number of nitrogens with one attached hydrogen (secondary N) is 1. The molecule has 0 heterocycles. The number of halogens is 1. The van der Waals surface area contributed by atoms with Crippen molar-refractivity contribution < 1.29 is 0 Å². The van der Waals surface area contributed by atoms with Gasteiger partial charge in [0.2, 0.25) is 0 Å². The van der Waals surface area contributed by atoms with Crippen molar-refractivity contribution in [3.63, 3.8) is 0 Å². The van der Waals surface area contributed by atoms with Gasteiger partial charge in [0, 0.05) is 11.1 Å². The Labute approximate surface area is 97.1 Å². The quantitative estimate of drug-likeness (QED) is 0.750. The Morgan fingerprint density at radius 3 is 2.87 bits per heavy atom. The molecular formula is C13H18ClN. The van der Waals surface area contributed by atoms with E-state index in [2.05, 4.69) is 37.4 Å². The third-order valence-corrected chi connectivity index (χ3v) is 2.26. The molecule has 0 radical (unpaired) electrons. The third kappa shape index (κ3) is 5.60. The van der Waals surface area contributed by atoms with E-state index in [1.54, 1.807) is 0 Å². The average Bonchev–Trinajstić information content (AvgIpc) is 2.17. The number of benzene rings is 1. The fourth-order valence-electron chi connectivity index (χ4n) is 1.29. The van der Waals surface area contributed by atoms with Crippen LogP contribution in [0.1, 0.15) is 25.8 Å². The highest BCUT2D eigenvalue weighted by atomic mass is 35.5. The van der Waals surface area contributed by atoms with Crippen molar-refractivity contribution in [2.45, 2.75) is 26.3 Å². The molecule has 0 fully saturated rings. The van der Waals surface area contributed by atoms with Crippen molar-refractivity contribution in [3.05, 3.63) is 40.9 Å². The van der Waals surface area contributed by atoms with Crippen molar-refractivity contribution >= 4 is 17.7 Å². The van der Waals surface area contributed by atoms with Gasteiger partial charge in [0.1, 0.15) is 0 Å². The Hall–Kier alpha value is -0.790. The van der Waals surface area contributed by atoms with Crippen molar-refractivity contribution in [1.82, 2.24) is 5.32 Å². The molecule has 1 rings (SSSR count). The van der Waals surface area contributed by atoms with Crippen LogP contribution in [0.2, 0.25) is 5.02 Å². The van der Waals surface area contributed by atoms with E-state index in [1.165, 1.54) is 0 Å². The second-order valence-corrected chi connectivity index (χ2v) is 4.29. The topological polar surface area (TPSA) is 12.0 Å². The zero-order valence-electron chi connectivity index (χ0n) is 9.33. The second kappa shape index (κ2) is 6.65. The van der Waals surface area contributed by atoms with Crippen molar-refractivity contribution in [2.75, 3.05) is 6.54 Å². The van der Waals surface area contributed by atoms with Crippen LogP contribution >= 0.6 is 11.6 Å². The first-order chi connectivity index (χ1) is 7.18. The molecule has 1 aromatic carbocycles. The predicted octanol–water partition coefficient (Wildman–Crippen LogP) is 3.74. The molecule has 0 amide bonds. The maximum Gasteiger partial charge on any atom is 0.0411 e. The average molecular weight is 224 g/mol. The monoisotopic (exact) mass is 223 g/mol. The lowest BCUT2D eigenvalue weighted by atomic mass is 10.2. The summed E-state index contributed by atoms with van der Waals surface area (Å²) in [6.45, 7) is 5.33. The standard InChI is InChI=1S/C13H18ClN/c1-11(2)15-9-4-3-6-12-7-5-8-13(14)10-12/h3,5-8,10-11,15H,4,9H2,1-2H3. The molecule has 1 nitrogen and oxygen atoms in total. The molecule has 82 valence electrons. The first-order valence-electron chi connectivity index (χ1n) is 5.34. The molecule has 0 bridgehead atoms. The van der Waals surface area contributed by atoms with Crippen LogP contribution in [-0.2, 0) is 0 Å². The van der Waals surface area contributed by atoms with Gasteiger partial charge in [0.15, 0.2) is 0 Å². The van der Waals surface area contributed by atoms with Crippen LogP contribution in [-0.4, -0.2) is 12.6 Å². The van der Waals surface area contributed by atoms with E-state index in [0.29, 0.717) is 6.04 Å². The van der Waals surface area contributed by atoms with Crippen molar-refractivity contribution in [2.24, 2.45) is 0 Å². The molecule has 1 aromatic rings. The fraction of sp³-hybridized carbons (Fsp3) is 0.385. The Morgan fingerprint density at radius 1 is 1.40 bits per heavy atom. The van der Waals surface area contributed by atoms with Crippen LogP contribution in [0.5, 0.6) is 0 Å². The maximum absolute atomic E-state index is 5.88. The molecule has 0 saturated carbocycles. The largest absolute Gasteiger partial charge is 0.314 e. The van der Waals surface area contributed by atoms with Gasteiger partial charge in [-0.3, -0.25) is 0 Å². The van der Waals surface area contributed by atoms with E-state index in [0.717, 1.165) is 23.6 Å². The first-order valence-corrected chi connectivity index (χ1v) is 5.72. The summed E-state index contributed by atoms with van der Waals surface area (Å²) in [5, 5.41) is 4.16. The van der Waals surface area contributed by atoms with Crippen LogP contribution in [0, 0.1) is 0 Å². The molecule has 2 heteroatoms. The highest BCUT2D eigenvalue weighted by molar-refractivity contribution is 6.30. The molecule has 0 atom stereocenters. The fourth-order valence-corrected chi connectivity index (χ4v) is 1.48. The Balaban J connectivity index is 2.32. The minimum absolute atomic E-state index is 0.560. The van der Waals surface area contributed by atoms with Gasteiger partial charge >= 0.3 is 0 Å². The molecule has 0 spiro atoms. The second-order valence-electron chi connectivity index (χ2n) is 3.85. The molecule has 0 saturated heterocycles. The summed E-state index contributed by atoms with van der Waals surface area (Å²) in [6, 6.07) is 8.43. The normalized spacial score (nSPS) is 11.5. The molecule has 0 aliphatic rings. The van der Waals surface area contributed by atoms with Crippen LogP contribution < -0.4 is 5.32 Å². The van der Waals surface area contributed by atoms with Gasteiger partial charge in [-0.05, 0) is 30.7 Å². The van der Waals surface area contributed by atoms with E-state index in [9.17, 15) is 0 Å². The number of rotatable bonds is 5. The predicted molar refractivity (Wildman–Crippen MR) is 68.2 cm³/mol. The Kier molecular flexibility index (Phi) is 5.44. The maximum atomic E-state index is 5.88. The zero-order chi connectivity index (χ0) is 11.1. The molecule has 0 aliphatic heterocycles. The molecule has 1 N–H and O–H groups in total. The summed E-state index contributed by atoms with van der Waals surface area (Å²) in [6.07, 6.45) is 5.32. The van der Waals surface area contributed by atoms with Crippen molar-refractivity contribution in [1.29, 1.82) is 0 Å². The lowest BCUT2D eigenvalue weighted by Gasteiger charge is -2.04. The summed E-state index contributed by atoms with van der Waals surface area (Å²) in [5.41, 5.74) is 1.16. The molecule has 0 aromatic heterocycles. The highest BCUT2D eigenvalue weighted by Gasteiger charge is 1.90. The molecule has 0 unspecified atom stereocenters. The molecular weight excluding hydrogens is 206 g/mol. The molecule has 0 aliphatic carbocycles. The van der Waals surface area contributed by atoms with Gasteiger partial charge < -0.3 is 5.32 Å². The van der Waals surface area contributed by atoms with E-state index >= 15 is 0 Å². The van der Waals surface area contributed by atoms with Gasteiger partial charge in [-0.1, -0.05) is 49.7 Å². The van der Waals surface area contributed by atoms with Gasteiger partial charge in [0.25, 0.3) is 0 Å². The number of hydrogen-bond acceptors (Lipinski definition) is 1. The summed E-state index contributed by atoms with van der Waals surface area (Å²) in [5.74, 6) is 0. The minimum atomic E-state index is 0.560. The zero-order valence-corrected chi connectivity index (χ0v) is 10.1. The first kappa shape index (κ1) is 12.3. The minimum Gasteiger partial charge on any atom is -0.314 e. The SMILES string of the molecule is CC(C)NCCC=Cc1cccc(Cl)c1. The third-order valence-electron chi connectivity index (χ3n) is 2.02. The van der Waals surface area contributed by atoms with Crippen LogP contribution in [0.15, 0.2) is 30.3 Å². The highest BCUT2D eigenvalue weighted by Crippen LogP contribution is 2.11. The van der Waals surface area contributed by atoms with E-state index in [-0.39, 0.29) is 0 Å². The number of hydrogen-bond donors (Lipinski definition) is 1. The van der Waals surface area contributed by atoms with Gasteiger partial charge in [-0.25, -0.2) is 0 Å². The van der Waals surface area contributed by atoms with Crippen LogP contribution in [0.4, 0.5) is 0 Å². The Bertz CT molecular complexity index is 318. The Morgan fingerprint density at radius 2 is 2.20 bits per heavy atom. The lowest BCUT2D eigenvalue weighted by Crippen LogP contribution is -2.23. The van der Waals surface area contributed by atoms with Crippen LogP contribution in [0.3, 0.4) is 0 Å².